The molecular formula is C36H69N. The van der Waals surface area contributed by atoms with Crippen molar-refractivity contribution >= 4 is 0 Å². The van der Waals surface area contributed by atoms with Crippen LogP contribution in [-0.2, 0) is 0 Å². The summed E-state index contributed by atoms with van der Waals surface area (Å²) in [6.07, 6.45) is 35.6. The van der Waals surface area contributed by atoms with Crippen LogP contribution in [0.1, 0.15) is 164 Å². The molecule has 0 bridgehead atoms. The van der Waals surface area contributed by atoms with Crippen LogP contribution in [0.4, 0.5) is 0 Å². The van der Waals surface area contributed by atoms with Gasteiger partial charge in [-0.3, -0.25) is 0 Å². The molecule has 1 nitrogen and oxygen atoms in total. The van der Waals surface area contributed by atoms with Gasteiger partial charge in [0.1, 0.15) is 0 Å². The van der Waals surface area contributed by atoms with Gasteiger partial charge in [-0.25, -0.2) is 0 Å². The molecule has 0 radical (unpaired) electrons. The second-order valence-corrected chi connectivity index (χ2v) is 13.2. The van der Waals surface area contributed by atoms with Crippen molar-refractivity contribution in [2.75, 3.05) is 0 Å². The third-order valence-corrected chi connectivity index (χ3v) is 9.84. The zero-order valence-corrected chi connectivity index (χ0v) is 26.4. The first-order valence-corrected chi connectivity index (χ1v) is 17.0. The van der Waals surface area contributed by atoms with Crippen molar-refractivity contribution < 1.29 is 0 Å². The van der Waals surface area contributed by atoms with Crippen LogP contribution in [0.2, 0.25) is 0 Å². The van der Waals surface area contributed by atoms with Crippen molar-refractivity contribution in [2.24, 2.45) is 47.2 Å². The van der Waals surface area contributed by atoms with Crippen LogP contribution < -0.4 is 5.73 Å². The van der Waals surface area contributed by atoms with Gasteiger partial charge < -0.3 is 5.73 Å². The smallest absolute Gasteiger partial charge is 0.0103 e. The lowest BCUT2D eigenvalue weighted by Crippen LogP contribution is -2.22. The van der Waals surface area contributed by atoms with Gasteiger partial charge in [-0.05, 0) is 79.7 Å². The molecule has 1 aliphatic rings. The molecule has 0 aliphatic heterocycles. The zero-order chi connectivity index (χ0) is 27.3. The standard InChI is InChI=1S/C36H69N/c1-7-10-13-14-15-16-18-30(4)22-26-34(20-17-28-37)31(5)23-24-32(6)36(21-12-9-3)35-27-25-33(29-35)19-11-8-2/h17,25,27-28,30-36H,7-16,18-24,26,29,37H2,1-6H3/b28-17-. The second-order valence-electron chi connectivity index (χ2n) is 13.2. The van der Waals surface area contributed by atoms with Crippen LogP contribution in [0.25, 0.3) is 0 Å². The zero-order valence-electron chi connectivity index (χ0n) is 26.4. The van der Waals surface area contributed by atoms with E-state index in [0.29, 0.717) is 0 Å². The van der Waals surface area contributed by atoms with E-state index in [4.69, 9.17) is 5.73 Å². The van der Waals surface area contributed by atoms with Crippen molar-refractivity contribution in [1.29, 1.82) is 0 Å². The normalized spacial score (nSPS) is 21.9. The lowest BCUT2D eigenvalue weighted by atomic mass is 9.74. The summed E-state index contributed by atoms with van der Waals surface area (Å²) >= 11 is 0. The fraction of sp³-hybridized carbons (Fsp3) is 0.889. The van der Waals surface area contributed by atoms with Gasteiger partial charge in [0.25, 0.3) is 0 Å². The summed E-state index contributed by atoms with van der Waals surface area (Å²) in [6, 6.07) is 0. The predicted molar refractivity (Wildman–Crippen MR) is 169 cm³/mol. The minimum absolute atomic E-state index is 0.790. The minimum atomic E-state index is 0.790. The Morgan fingerprint density at radius 2 is 1.38 bits per heavy atom. The van der Waals surface area contributed by atoms with E-state index in [9.17, 15) is 0 Å². The summed E-state index contributed by atoms with van der Waals surface area (Å²) in [4.78, 5) is 0. The predicted octanol–water partition coefficient (Wildman–Crippen LogP) is 11.9. The molecule has 7 atom stereocenters. The van der Waals surface area contributed by atoms with Gasteiger partial charge in [-0.15, -0.1) is 0 Å². The maximum Gasteiger partial charge on any atom is -0.0103 e. The van der Waals surface area contributed by atoms with Crippen molar-refractivity contribution in [3.05, 3.63) is 24.4 Å². The molecule has 0 aromatic rings. The third kappa shape index (κ3) is 15.5. The quantitative estimate of drug-likeness (QED) is 0.100. The number of hydrogen-bond donors (Lipinski definition) is 1. The second kappa shape index (κ2) is 22.1. The van der Waals surface area contributed by atoms with Crippen LogP contribution in [0.3, 0.4) is 0 Å². The lowest BCUT2D eigenvalue weighted by molar-refractivity contribution is 0.204. The van der Waals surface area contributed by atoms with E-state index in [1.54, 1.807) is 6.20 Å². The summed E-state index contributed by atoms with van der Waals surface area (Å²) in [7, 11) is 0. The number of allylic oxidation sites excluding steroid dienone is 3. The van der Waals surface area contributed by atoms with E-state index in [2.05, 4.69) is 59.8 Å². The highest BCUT2D eigenvalue weighted by atomic mass is 14.5. The Labute approximate surface area is 234 Å². The molecular weight excluding hydrogens is 446 g/mol. The van der Waals surface area contributed by atoms with Gasteiger partial charge in [-0.1, -0.05) is 150 Å². The summed E-state index contributed by atoms with van der Waals surface area (Å²) < 4.78 is 0. The van der Waals surface area contributed by atoms with Gasteiger partial charge in [0.05, 0.1) is 0 Å². The molecule has 1 rings (SSSR count). The largest absolute Gasteiger partial charge is 0.405 e. The Hall–Kier alpha value is -0.720. The molecule has 218 valence electrons. The third-order valence-electron chi connectivity index (χ3n) is 9.84. The summed E-state index contributed by atoms with van der Waals surface area (Å²) in [5.41, 5.74) is 5.78. The maximum atomic E-state index is 5.78. The van der Waals surface area contributed by atoms with Gasteiger partial charge in [0.2, 0.25) is 0 Å². The monoisotopic (exact) mass is 516 g/mol. The molecule has 1 heteroatoms. The van der Waals surface area contributed by atoms with Gasteiger partial charge >= 0.3 is 0 Å². The highest BCUT2D eigenvalue weighted by molar-refractivity contribution is 5.04. The van der Waals surface area contributed by atoms with E-state index in [0.717, 1.165) is 41.4 Å². The van der Waals surface area contributed by atoms with Crippen molar-refractivity contribution in [2.45, 2.75) is 164 Å². The molecule has 0 amide bonds. The number of hydrogen-bond acceptors (Lipinski definition) is 1. The number of unbranched alkanes of at least 4 members (excludes halogenated alkanes) is 7. The highest BCUT2D eigenvalue weighted by Crippen LogP contribution is 2.40. The van der Waals surface area contributed by atoms with Crippen molar-refractivity contribution in [1.82, 2.24) is 0 Å². The fourth-order valence-corrected chi connectivity index (χ4v) is 6.94. The van der Waals surface area contributed by atoms with Crippen LogP contribution in [0, 0.1) is 41.4 Å². The van der Waals surface area contributed by atoms with Crippen LogP contribution in [-0.4, -0.2) is 0 Å². The highest BCUT2D eigenvalue weighted by Gasteiger charge is 2.30. The Bertz CT molecular complexity index is 563. The lowest BCUT2D eigenvalue weighted by Gasteiger charge is -2.31. The van der Waals surface area contributed by atoms with Gasteiger partial charge in [-0.2, -0.15) is 0 Å². The molecule has 0 aromatic carbocycles. The van der Waals surface area contributed by atoms with Crippen LogP contribution in [0.5, 0.6) is 0 Å². The van der Waals surface area contributed by atoms with E-state index < -0.39 is 0 Å². The number of rotatable bonds is 24. The molecule has 1 aliphatic carbocycles. The topological polar surface area (TPSA) is 26.0 Å². The van der Waals surface area contributed by atoms with E-state index in [-0.39, 0.29) is 0 Å². The molecule has 37 heavy (non-hydrogen) atoms. The molecule has 2 N–H and O–H groups in total. The molecule has 7 unspecified atom stereocenters. The van der Waals surface area contributed by atoms with Crippen LogP contribution in [0.15, 0.2) is 24.4 Å². The molecule has 0 saturated carbocycles. The Morgan fingerprint density at radius 1 is 0.703 bits per heavy atom. The van der Waals surface area contributed by atoms with E-state index >= 15 is 0 Å². The van der Waals surface area contributed by atoms with Crippen molar-refractivity contribution in [3.8, 4) is 0 Å². The van der Waals surface area contributed by atoms with E-state index in [1.165, 1.54) is 122 Å². The van der Waals surface area contributed by atoms with Gasteiger partial charge in [0.15, 0.2) is 0 Å². The summed E-state index contributed by atoms with van der Waals surface area (Å²) in [6.45, 7) is 14.6. The Balaban J connectivity index is 2.53. The SMILES string of the molecule is CCCCCCCCC(C)CCC(C/C=C\N)C(C)CCC(C)C(CCCC)C1C=CC(CCCC)C1. The summed E-state index contributed by atoms with van der Waals surface area (Å²) in [5, 5.41) is 0. The molecule has 0 spiro atoms. The number of nitrogens with two attached hydrogens (primary N) is 1. The van der Waals surface area contributed by atoms with Crippen LogP contribution >= 0.6 is 0 Å². The molecule has 0 heterocycles. The average molecular weight is 516 g/mol. The first kappa shape index (κ1) is 34.3. The van der Waals surface area contributed by atoms with E-state index in [1.807, 2.05) is 0 Å². The minimum Gasteiger partial charge on any atom is -0.405 e. The first-order valence-electron chi connectivity index (χ1n) is 17.0. The van der Waals surface area contributed by atoms with Crippen molar-refractivity contribution in [3.63, 3.8) is 0 Å². The molecule has 0 saturated heterocycles. The summed E-state index contributed by atoms with van der Waals surface area (Å²) in [5.74, 6) is 5.86. The average Bonchev–Trinajstić information content (AvgIpc) is 3.36. The first-order chi connectivity index (χ1) is 18.0. The Kier molecular flexibility index (Phi) is 20.5. The fourth-order valence-electron chi connectivity index (χ4n) is 6.94. The van der Waals surface area contributed by atoms with Gasteiger partial charge in [0, 0.05) is 0 Å². The molecule has 0 aromatic heterocycles. The molecule has 0 fully saturated rings. The Morgan fingerprint density at radius 3 is 2.08 bits per heavy atom. The maximum absolute atomic E-state index is 5.78.